The van der Waals surface area contributed by atoms with E-state index in [0.717, 1.165) is 56.4 Å². The van der Waals surface area contributed by atoms with Gasteiger partial charge in [0.25, 0.3) is 0 Å². The molecular weight excluding hydrogens is 373 g/mol. The third-order valence-corrected chi connectivity index (χ3v) is 5.42. The summed E-state index contributed by atoms with van der Waals surface area (Å²) in [7, 11) is 0. The van der Waals surface area contributed by atoms with Gasteiger partial charge in [-0.3, -0.25) is 15.0 Å². The van der Waals surface area contributed by atoms with Crippen LogP contribution in [0.1, 0.15) is 34.4 Å². The molecule has 0 unspecified atom stereocenters. The van der Waals surface area contributed by atoms with Gasteiger partial charge in [0, 0.05) is 47.6 Å². The monoisotopic (exact) mass is 387 g/mol. The van der Waals surface area contributed by atoms with Crippen molar-refractivity contribution < 1.29 is 4.39 Å². The van der Waals surface area contributed by atoms with Crippen molar-refractivity contribution in [3.63, 3.8) is 0 Å². The number of hydrogen-bond acceptors (Lipinski definition) is 3. The van der Waals surface area contributed by atoms with Crippen LogP contribution >= 0.6 is 11.6 Å². The van der Waals surface area contributed by atoms with Crippen molar-refractivity contribution in [2.24, 2.45) is 4.99 Å². The van der Waals surface area contributed by atoms with Crippen LogP contribution in [0.25, 0.3) is 16.3 Å². The maximum Gasteiger partial charge on any atom is 0.123 e. The highest BCUT2D eigenvalue weighted by atomic mass is 35.5. The molecule has 3 aromatic rings. The number of aromatic nitrogens is 2. The molecule has 1 aromatic carbocycles. The molecule has 0 atom stereocenters. The first-order valence-corrected chi connectivity index (χ1v) is 9.39. The summed E-state index contributed by atoms with van der Waals surface area (Å²) in [6.07, 6.45) is 8.79. The highest BCUT2D eigenvalue weighted by Crippen LogP contribution is 2.39. The average molecular weight is 388 g/mol. The quantitative estimate of drug-likeness (QED) is 0.594. The second kappa shape index (κ2) is 6.80. The lowest BCUT2D eigenvalue weighted by atomic mass is 9.96. The van der Waals surface area contributed by atoms with Crippen molar-refractivity contribution in [2.45, 2.75) is 12.8 Å². The van der Waals surface area contributed by atoms with E-state index in [1.807, 2.05) is 24.4 Å². The van der Waals surface area contributed by atoms with Crippen LogP contribution in [0.4, 0.5) is 4.39 Å². The molecule has 1 aliphatic carbocycles. The molecule has 1 aliphatic heterocycles. The Balaban J connectivity index is 1.62. The average Bonchev–Trinajstić information content (AvgIpc) is 3.33. The van der Waals surface area contributed by atoms with Crippen molar-refractivity contribution >= 4 is 33.6 Å². The summed E-state index contributed by atoms with van der Waals surface area (Å²) >= 11 is 6.35. The van der Waals surface area contributed by atoms with Crippen LogP contribution in [0.15, 0.2) is 72.1 Å². The van der Waals surface area contributed by atoms with Gasteiger partial charge in [0.05, 0.1) is 17.1 Å². The molecule has 136 valence electrons. The van der Waals surface area contributed by atoms with Crippen molar-refractivity contribution in [3.05, 3.63) is 101 Å². The molecule has 0 saturated carbocycles. The number of nitrogens with zero attached hydrogens (tertiary/aromatic N) is 3. The first kappa shape index (κ1) is 17.0. The number of benzene rings is 1. The normalized spacial score (nSPS) is 15.5. The smallest absolute Gasteiger partial charge is 0.123 e. The van der Waals surface area contributed by atoms with Crippen molar-refractivity contribution in [1.82, 2.24) is 9.97 Å². The fourth-order valence-corrected chi connectivity index (χ4v) is 3.85. The van der Waals surface area contributed by atoms with E-state index in [0.29, 0.717) is 6.42 Å². The molecule has 2 aliphatic rings. The molecule has 2 aromatic heterocycles. The summed E-state index contributed by atoms with van der Waals surface area (Å²) in [5, 5.41) is 0.744. The minimum Gasteiger partial charge on any atom is -0.265 e. The van der Waals surface area contributed by atoms with Gasteiger partial charge in [-0.2, -0.15) is 0 Å². The predicted octanol–water partition coefficient (Wildman–Crippen LogP) is 5.51. The number of fused-ring (bicyclic) bond motifs is 1. The standard InChI is InChI=1S/C23H15ClFN3/c24-20-5-6-21-19(20)11-16(13-27-21)18-12-22(14-1-3-17(25)4-2-14)28-23(18)15-7-9-26-10-8-15/h1-5,7-11,13H,6,12H2. The molecule has 28 heavy (non-hydrogen) atoms. The Hall–Kier alpha value is -3.11. The first-order valence-electron chi connectivity index (χ1n) is 9.01. The number of hydrogen-bond donors (Lipinski definition) is 0. The van der Waals surface area contributed by atoms with E-state index in [1.165, 1.54) is 12.1 Å². The van der Waals surface area contributed by atoms with Gasteiger partial charge < -0.3 is 0 Å². The highest BCUT2D eigenvalue weighted by molar-refractivity contribution is 6.49. The van der Waals surface area contributed by atoms with Gasteiger partial charge in [-0.15, -0.1) is 0 Å². The number of halogens is 2. The second-order valence-electron chi connectivity index (χ2n) is 6.78. The van der Waals surface area contributed by atoms with Crippen LogP contribution in [-0.2, 0) is 6.42 Å². The Labute approximate surface area is 167 Å². The zero-order valence-electron chi connectivity index (χ0n) is 14.9. The molecule has 0 N–H and O–H groups in total. The van der Waals surface area contributed by atoms with Gasteiger partial charge in [0.1, 0.15) is 5.82 Å². The lowest BCUT2D eigenvalue weighted by Crippen LogP contribution is -1.99. The molecule has 0 amide bonds. The summed E-state index contributed by atoms with van der Waals surface area (Å²) in [4.78, 5) is 13.6. The number of allylic oxidation sites excluding steroid dienone is 2. The minimum absolute atomic E-state index is 0.255. The van der Waals surface area contributed by atoms with Gasteiger partial charge in [0.2, 0.25) is 0 Å². The summed E-state index contributed by atoms with van der Waals surface area (Å²) in [6, 6.07) is 12.4. The van der Waals surface area contributed by atoms with Gasteiger partial charge in [0.15, 0.2) is 0 Å². The molecular formula is C23H15ClFN3. The minimum atomic E-state index is -0.255. The summed E-state index contributed by atoms with van der Waals surface area (Å²) in [5.41, 5.74) is 7.76. The maximum atomic E-state index is 13.3. The van der Waals surface area contributed by atoms with E-state index in [4.69, 9.17) is 16.6 Å². The molecule has 0 saturated heterocycles. The summed E-state index contributed by atoms with van der Waals surface area (Å²) < 4.78 is 13.3. The topological polar surface area (TPSA) is 38.1 Å². The van der Waals surface area contributed by atoms with E-state index in [2.05, 4.69) is 16.0 Å². The molecule has 5 rings (SSSR count). The zero-order valence-corrected chi connectivity index (χ0v) is 15.6. The lowest BCUT2D eigenvalue weighted by molar-refractivity contribution is 0.628. The Morgan fingerprint density at radius 3 is 2.50 bits per heavy atom. The summed E-state index contributed by atoms with van der Waals surface area (Å²) in [6.45, 7) is 0. The van der Waals surface area contributed by atoms with Gasteiger partial charge in [-0.05, 0) is 47.0 Å². The van der Waals surface area contributed by atoms with Crippen molar-refractivity contribution in [2.75, 3.05) is 0 Å². The third-order valence-electron chi connectivity index (χ3n) is 5.06. The SMILES string of the molecule is Fc1ccc(C2=NC(c3ccncc3)=C(c3cnc4c(c3)C(Cl)=CC4)C2)cc1. The third kappa shape index (κ3) is 2.96. The van der Waals surface area contributed by atoms with Crippen LogP contribution in [0.3, 0.4) is 0 Å². The number of rotatable bonds is 3. The van der Waals surface area contributed by atoms with Crippen LogP contribution in [-0.4, -0.2) is 15.7 Å². The van der Waals surface area contributed by atoms with E-state index in [-0.39, 0.29) is 5.82 Å². The van der Waals surface area contributed by atoms with E-state index in [1.54, 1.807) is 24.5 Å². The second-order valence-corrected chi connectivity index (χ2v) is 7.19. The summed E-state index contributed by atoms with van der Waals surface area (Å²) in [5.74, 6) is -0.255. The van der Waals surface area contributed by atoms with Crippen molar-refractivity contribution in [3.8, 4) is 0 Å². The number of aliphatic imine (C=N–C) groups is 1. The highest BCUT2D eigenvalue weighted by Gasteiger charge is 2.24. The fraction of sp³-hybridized carbons (Fsp3) is 0.0870. The van der Waals surface area contributed by atoms with Crippen LogP contribution in [0.2, 0.25) is 0 Å². The largest absolute Gasteiger partial charge is 0.265 e. The predicted molar refractivity (Wildman–Crippen MR) is 110 cm³/mol. The molecule has 3 nitrogen and oxygen atoms in total. The van der Waals surface area contributed by atoms with E-state index >= 15 is 0 Å². The molecule has 0 spiro atoms. The first-order chi connectivity index (χ1) is 13.7. The Bertz CT molecular complexity index is 1160. The van der Waals surface area contributed by atoms with Crippen LogP contribution in [0, 0.1) is 5.82 Å². The van der Waals surface area contributed by atoms with E-state index < -0.39 is 0 Å². The molecule has 0 bridgehead atoms. The maximum absolute atomic E-state index is 13.3. The molecule has 0 radical (unpaired) electrons. The lowest BCUT2D eigenvalue weighted by Gasteiger charge is -2.09. The Kier molecular flexibility index (Phi) is 4.14. The van der Waals surface area contributed by atoms with Crippen LogP contribution in [0.5, 0.6) is 0 Å². The molecule has 3 heterocycles. The van der Waals surface area contributed by atoms with Crippen molar-refractivity contribution in [1.29, 1.82) is 0 Å². The van der Waals surface area contributed by atoms with E-state index in [9.17, 15) is 4.39 Å². The zero-order chi connectivity index (χ0) is 19.1. The van der Waals surface area contributed by atoms with Crippen LogP contribution < -0.4 is 0 Å². The van der Waals surface area contributed by atoms with Gasteiger partial charge in [-0.25, -0.2) is 4.39 Å². The molecule has 5 heteroatoms. The Morgan fingerprint density at radius 2 is 1.71 bits per heavy atom. The molecule has 0 fully saturated rings. The fourth-order valence-electron chi connectivity index (χ4n) is 3.61. The number of pyridine rings is 2. The van der Waals surface area contributed by atoms with Gasteiger partial charge >= 0.3 is 0 Å². The Morgan fingerprint density at radius 1 is 0.929 bits per heavy atom. The van der Waals surface area contributed by atoms with Gasteiger partial charge in [-0.1, -0.05) is 29.8 Å².